The molecule has 3 nitrogen and oxygen atoms in total. The van der Waals surface area contributed by atoms with Crippen LogP contribution in [0.4, 0.5) is 0 Å². The lowest BCUT2D eigenvalue weighted by Gasteiger charge is -2.16. The molecule has 0 aliphatic carbocycles. The second-order valence-corrected chi connectivity index (χ2v) is 5.37. The number of phenols is 1. The topological polar surface area (TPSA) is 46.5 Å². The molecule has 0 heterocycles. The number of rotatable bonds is 3. The van der Waals surface area contributed by atoms with Crippen molar-refractivity contribution in [1.29, 1.82) is 0 Å². The van der Waals surface area contributed by atoms with Crippen LogP contribution < -0.4 is 0 Å². The highest BCUT2D eigenvalue weighted by Gasteiger charge is 2.20. The molecular weight excluding hydrogens is 336 g/mol. The van der Waals surface area contributed by atoms with Crippen LogP contribution in [0.2, 0.25) is 0 Å². The third-order valence-corrected chi connectivity index (χ3v) is 4.10. The first kappa shape index (κ1) is 22.2. The van der Waals surface area contributed by atoms with Crippen LogP contribution in [0.25, 0.3) is 21.9 Å². The SMILES string of the molecule is CC.CC.CCc1ccccc1-c1c(C(=O)OC)cc(O)c2ccccc12. The standard InChI is InChI=1S/C20H18O3.2C2H6/c1-3-13-8-4-5-9-14(13)19-16-11-7-6-10-15(16)18(21)12-17(19)20(22)23-2;2*1-2/h4-12,21H,3H2,1-2H3;2*1-2H3. The largest absolute Gasteiger partial charge is 0.507 e. The molecule has 3 heteroatoms. The molecule has 0 aromatic heterocycles. The van der Waals surface area contributed by atoms with Gasteiger partial charge in [-0.15, -0.1) is 0 Å². The first-order valence-corrected chi connectivity index (χ1v) is 9.58. The highest BCUT2D eigenvalue weighted by molar-refractivity contribution is 6.10. The zero-order valence-corrected chi connectivity index (χ0v) is 17.2. The number of esters is 1. The van der Waals surface area contributed by atoms with Gasteiger partial charge in [-0.25, -0.2) is 4.79 Å². The summed E-state index contributed by atoms with van der Waals surface area (Å²) >= 11 is 0. The predicted octanol–water partition coefficient (Wildman–Crippen LogP) is 6.61. The van der Waals surface area contributed by atoms with Gasteiger partial charge in [-0.3, -0.25) is 0 Å². The number of aryl methyl sites for hydroxylation is 1. The fourth-order valence-electron chi connectivity index (χ4n) is 2.99. The Hall–Kier alpha value is -2.81. The Bertz CT molecular complexity index is 882. The summed E-state index contributed by atoms with van der Waals surface area (Å²) in [6, 6.07) is 17.0. The van der Waals surface area contributed by atoms with E-state index in [-0.39, 0.29) is 5.75 Å². The minimum atomic E-state index is -0.452. The molecule has 0 aliphatic rings. The van der Waals surface area contributed by atoms with Crippen LogP contribution in [-0.2, 0) is 11.2 Å². The van der Waals surface area contributed by atoms with Gasteiger partial charge in [0.25, 0.3) is 0 Å². The van der Waals surface area contributed by atoms with E-state index in [1.54, 1.807) is 0 Å². The molecule has 0 fully saturated rings. The Kier molecular flexibility index (Phi) is 9.07. The summed E-state index contributed by atoms with van der Waals surface area (Å²) in [5.41, 5.74) is 3.33. The van der Waals surface area contributed by atoms with Crippen LogP contribution in [0, 0.1) is 0 Å². The second kappa shape index (κ2) is 11.0. The van der Waals surface area contributed by atoms with Gasteiger partial charge in [-0.1, -0.05) is 83.1 Å². The van der Waals surface area contributed by atoms with Crippen LogP contribution >= 0.6 is 0 Å². The maximum absolute atomic E-state index is 12.3. The van der Waals surface area contributed by atoms with Gasteiger partial charge < -0.3 is 9.84 Å². The van der Waals surface area contributed by atoms with Crippen molar-refractivity contribution in [1.82, 2.24) is 0 Å². The van der Waals surface area contributed by atoms with Gasteiger partial charge in [0.1, 0.15) is 5.75 Å². The van der Waals surface area contributed by atoms with Crippen LogP contribution in [0.15, 0.2) is 54.6 Å². The molecule has 0 saturated heterocycles. The molecule has 144 valence electrons. The number of methoxy groups -OCH3 is 1. The Morgan fingerprint density at radius 3 is 2.07 bits per heavy atom. The molecule has 0 unspecified atom stereocenters. The Labute approximate surface area is 162 Å². The lowest BCUT2D eigenvalue weighted by molar-refractivity contribution is 0.0601. The maximum Gasteiger partial charge on any atom is 0.338 e. The van der Waals surface area contributed by atoms with Gasteiger partial charge in [-0.05, 0) is 29.0 Å². The number of hydrogen-bond acceptors (Lipinski definition) is 3. The maximum atomic E-state index is 12.3. The van der Waals surface area contributed by atoms with Crippen LogP contribution in [0.1, 0.15) is 50.5 Å². The molecule has 0 aliphatic heterocycles. The Balaban J connectivity index is 0.000000855. The lowest BCUT2D eigenvalue weighted by Crippen LogP contribution is -2.05. The number of aromatic hydroxyl groups is 1. The van der Waals surface area contributed by atoms with Crippen LogP contribution in [0.3, 0.4) is 0 Å². The molecule has 0 atom stereocenters. The Morgan fingerprint density at radius 2 is 1.48 bits per heavy atom. The van der Waals surface area contributed by atoms with Gasteiger partial charge in [0.15, 0.2) is 0 Å². The molecule has 27 heavy (non-hydrogen) atoms. The summed E-state index contributed by atoms with van der Waals surface area (Å²) in [6.45, 7) is 10.1. The number of phenolic OH excluding ortho intramolecular Hbond substituents is 1. The summed E-state index contributed by atoms with van der Waals surface area (Å²) < 4.78 is 4.93. The number of fused-ring (bicyclic) bond motifs is 1. The van der Waals surface area contributed by atoms with Crippen molar-refractivity contribution in [3.8, 4) is 16.9 Å². The minimum absolute atomic E-state index is 0.0822. The number of ether oxygens (including phenoxy) is 1. The molecular formula is C24H30O3. The summed E-state index contributed by atoms with van der Waals surface area (Å²) in [7, 11) is 1.35. The van der Waals surface area contributed by atoms with E-state index in [2.05, 4.69) is 13.0 Å². The summed E-state index contributed by atoms with van der Waals surface area (Å²) in [4.78, 5) is 12.3. The Morgan fingerprint density at radius 1 is 0.926 bits per heavy atom. The van der Waals surface area contributed by atoms with Gasteiger partial charge >= 0.3 is 5.97 Å². The molecule has 3 aromatic carbocycles. The van der Waals surface area contributed by atoms with E-state index in [0.717, 1.165) is 33.9 Å². The van der Waals surface area contributed by atoms with Crippen molar-refractivity contribution in [3.63, 3.8) is 0 Å². The molecule has 0 amide bonds. The first-order chi connectivity index (χ1) is 13.2. The van der Waals surface area contributed by atoms with Crippen molar-refractivity contribution in [3.05, 3.63) is 65.7 Å². The van der Waals surface area contributed by atoms with Gasteiger partial charge in [0.05, 0.1) is 12.7 Å². The first-order valence-electron chi connectivity index (χ1n) is 9.58. The van der Waals surface area contributed by atoms with Crippen LogP contribution in [0.5, 0.6) is 5.75 Å². The molecule has 0 spiro atoms. The van der Waals surface area contributed by atoms with Crippen molar-refractivity contribution in [2.45, 2.75) is 41.0 Å². The quantitative estimate of drug-likeness (QED) is 0.530. The zero-order chi connectivity index (χ0) is 20.4. The van der Waals surface area contributed by atoms with E-state index in [1.807, 2.05) is 70.2 Å². The molecule has 0 saturated carbocycles. The predicted molar refractivity (Wildman–Crippen MR) is 114 cm³/mol. The fraction of sp³-hybridized carbons (Fsp3) is 0.292. The molecule has 1 N–H and O–H groups in total. The minimum Gasteiger partial charge on any atom is -0.507 e. The lowest BCUT2D eigenvalue weighted by atomic mass is 9.89. The molecule has 3 rings (SSSR count). The van der Waals surface area contributed by atoms with Crippen molar-refractivity contribution in [2.75, 3.05) is 7.11 Å². The molecule has 0 radical (unpaired) electrons. The smallest absolute Gasteiger partial charge is 0.338 e. The molecule has 3 aromatic rings. The highest BCUT2D eigenvalue weighted by Crippen LogP contribution is 2.39. The van der Waals surface area contributed by atoms with E-state index >= 15 is 0 Å². The number of benzene rings is 3. The van der Waals surface area contributed by atoms with E-state index in [4.69, 9.17) is 4.74 Å². The average molecular weight is 367 g/mol. The summed E-state index contributed by atoms with van der Waals surface area (Å²) in [5, 5.41) is 11.9. The third kappa shape index (κ3) is 4.68. The highest BCUT2D eigenvalue weighted by atomic mass is 16.5. The number of carbonyl (C=O) groups is 1. The number of carbonyl (C=O) groups excluding carboxylic acids is 1. The van der Waals surface area contributed by atoms with Gasteiger partial charge in [-0.2, -0.15) is 0 Å². The van der Waals surface area contributed by atoms with E-state index < -0.39 is 5.97 Å². The number of hydrogen-bond donors (Lipinski definition) is 1. The van der Waals surface area contributed by atoms with Gasteiger partial charge in [0.2, 0.25) is 0 Å². The van der Waals surface area contributed by atoms with Crippen molar-refractivity contribution in [2.24, 2.45) is 0 Å². The second-order valence-electron chi connectivity index (χ2n) is 5.37. The van der Waals surface area contributed by atoms with Crippen molar-refractivity contribution < 1.29 is 14.6 Å². The van der Waals surface area contributed by atoms with Crippen LogP contribution in [-0.4, -0.2) is 18.2 Å². The zero-order valence-electron chi connectivity index (χ0n) is 17.2. The fourth-order valence-corrected chi connectivity index (χ4v) is 2.99. The van der Waals surface area contributed by atoms with E-state index in [9.17, 15) is 9.90 Å². The van der Waals surface area contributed by atoms with Gasteiger partial charge in [0, 0.05) is 10.9 Å². The third-order valence-electron chi connectivity index (χ3n) is 4.10. The van der Waals surface area contributed by atoms with E-state index in [1.165, 1.54) is 13.2 Å². The van der Waals surface area contributed by atoms with E-state index in [0.29, 0.717) is 5.56 Å². The summed E-state index contributed by atoms with van der Waals surface area (Å²) in [6.07, 6.45) is 0.853. The molecule has 0 bridgehead atoms. The van der Waals surface area contributed by atoms with Crippen molar-refractivity contribution >= 4 is 16.7 Å². The average Bonchev–Trinajstić information content (AvgIpc) is 2.76. The summed E-state index contributed by atoms with van der Waals surface area (Å²) in [5.74, 6) is -0.370. The monoisotopic (exact) mass is 366 g/mol. The normalized spacial score (nSPS) is 9.56.